The Balaban J connectivity index is 0.000000237. The van der Waals surface area contributed by atoms with Gasteiger partial charge < -0.3 is 11.1 Å². The van der Waals surface area contributed by atoms with Crippen molar-refractivity contribution in [3.05, 3.63) is 103 Å². The number of halogens is 18. The fourth-order valence-electron chi connectivity index (χ4n) is 7.04. The van der Waals surface area contributed by atoms with Gasteiger partial charge in [-0.25, -0.2) is 9.97 Å². The van der Waals surface area contributed by atoms with Gasteiger partial charge in [0, 0.05) is 29.9 Å². The molecule has 0 spiro atoms. The van der Waals surface area contributed by atoms with Gasteiger partial charge in [-0.1, -0.05) is 50.3 Å². The molecule has 4 aromatic rings. The minimum atomic E-state index is -5.12. The lowest BCUT2D eigenvalue weighted by molar-refractivity contribution is -0.142. The summed E-state index contributed by atoms with van der Waals surface area (Å²) in [5.41, 5.74) is -7.22. The molecule has 3 N–H and O–H groups in total. The Labute approximate surface area is 365 Å². The number of benzene rings is 2. The van der Waals surface area contributed by atoms with E-state index in [9.17, 15) is 88.6 Å². The summed E-state index contributed by atoms with van der Waals surface area (Å²) >= 11 is 1.09. The van der Waals surface area contributed by atoms with Crippen molar-refractivity contribution >= 4 is 29.1 Å². The number of nitrogens with zero attached hydrogens (tertiary/aromatic N) is 4. The van der Waals surface area contributed by atoms with Crippen LogP contribution in [0.3, 0.4) is 0 Å². The van der Waals surface area contributed by atoms with Crippen molar-refractivity contribution in [3.8, 4) is 0 Å². The van der Waals surface area contributed by atoms with E-state index in [2.05, 4.69) is 9.97 Å². The van der Waals surface area contributed by atoms with Crippen molar-refractivity contribution in [2.75, 3.05) is 17.3 Å². The number of alkyl halides is 18. The average Bonchev–Trinajstić information content (AvgIpc) is 3.19. The molecule has 2 aliphatic rings. The zero-order valence-electron chi connectivity index (χ0n) is 33.7. The standard InChI is InChI=1S/C19H16F9N3O.C12H15F3N2OS.C8H5F6N/c20-17(21,22)10-6-7-12(18(23,24)25)13(8-10)29-16-30-14(19(26,27)28)9-15(32)31(16)11-4-2-1-3-5-11;1-19-11-16-9(12(13,14)15)7-10(18)17(11)8-5-3-2-4-6-8;9-7(10,11)4-1-2-5(6(15)3-4)8(12,13)14/h6-9,11H,1-5H2,(H,29,30);7-8H,2-6H2,1H3;1-3H,15H2. The molecule has 0 atom stereocenters. The second-order valence-electron chi connectivity index (χ2n) is 14.8. The Kier molecular flexibility index (Phi) is 16.5. The van der Waals surface area contributed by atoms with E-state index >= 15 is 0 Å². The Bertz CT molecular complexity index is 2410. The van der Waals surface area contributed by atoms with Crippen LogP contribution >= 0.6 is 11.8 Å². The molecule has 2 aromatic carbocycles. The summed E-state index contributed by atoms with van der Waals surface area (Å²) in [7, 11) is 0. The summed E-state index contributed by atoms with van der Waals surface area (Å²) in [6.07, 6.45) is -20.0. The molecule has 0 bridgehead atoms. The number of anilines is 3. The van der Waals surface area contributed by atoms with E-state index in [4.69, 9.17) is 5.73 Å². The highest BCUT2D eigenvalue weighted by Crippen LogP contribution is 2.42. The first-order chi connectivity index (χ1) is 30.2. The fraction of sp³-hybridized carbons (Fsp3) is 0.487. The van der Waals surface area contributed by atoms with Crippen LogP contribution in [0, 0.1) is 0 Å². The van der Waals surface area contributed by atoms with Gasteiger partial charge in [0.15, 0.2) is 16.5 Å². The van der Waals surface area contributed by atoms with E-state index in [0.717, 1.165) is 54.9 Å². The number of hydrogen-bond donors (Lipinski definition) is 2. The SMILES string of the molecule is CSc1nc(C(F)(F)F)cc(=O)n1C1CCCCC1.Nc1cc(C(F)(F)F)ccc1C(F)(F)F.O=c1cc(C(F)(F)F)nc(Nc2cc(C(F)(F)F)ccc2C(F)(F)F)n1C1CCCCC1. The number of nitrogens with two attached hydrogens (primary N) is 1. The van der Waals surface area contributed by atoms with Crippen LogP contribution in [0.15, 0.2) is 63.3 Å². The monoisotopic (exact) mass is 994 g/mol. The molecule has 0 radical (unpaired) electrons. The summed E-state index contributed by atoms with van der Waals surface area (Å²) in [5, 5.41) is 2.10. The van der Waals surface area contributed by atoms with E-state index in [1.54, 1.807) is 6.26 Å². The van der Waals surface area contributed by atoms with E-state index in [1.807, 2.05) is 5.32 Å². The molecule has 2 aromatic heterocycles. The van der Waals surface area contributed by atoms with Crippen molar-refractivity contribution in [2.45, 2.75) is 119 Å². The van der Waals surface area contributed by atoms with Crippen LogP contribution in [-0.4, -0.2) is 25.4 Å². The molecule has 2 aliphatic carbocycles. The molecule has 0 amide bonds. The zero-order chi connectivity index (χ0) is 49.8. The van der Waals surface area contributed by atoms with Gasteiger partial charge in [-0.15, -0.1) is 0 Å². The first-order valence-electron chi connectivity index (χ1n) is 19.3. The van der Waals surface area contributed by atoms with Crippen molar-refractivity contribution in [3.63, 3.8) is 0 Å². The Morgan fingerprint density at radius 1 is 0.530 bits per heavy atom. The molecule has 27 heteroatoms. The summed E-state index contributed by atoms with van der Waals surface area (Å²) in [4.78, 5) is 31.3. The number of nitrogens with one attached hydrogen (secondary N) is 1. The van der Waals surface area contributed by atoms with Crippen LogP contribution in [0.5, 0.6) is 0 Å². The third kappa shape index (κ3) is 14.0. The van der Waals surface area contributed by atoms with Gasteiger partial charge in [0.05, 0.1) is 27.9 Å². The Hall–Kier alpha value is -5.11. The molecule has 8 nitrogen and oxygen atoms in total. The number of hydrogen-bond acceptors (Lipinski definition) is 7. The van der Waals surface area contributed by atoms with Gasteiger partial charge in [0.1, 0.15) is 0 Å². The van der Waals surface area contributed by atoms with Gasteiger partial charge in [0.25, 0.3) is 11.1 Å². The first kappa shape index (κ1) is 53.5. The summed E-state index contributed by atoms with van der Waals surface area (Å²) < 4.78 is 232. The maximum Gasteiger partial charge on any atom is 0.433 e. The van der Waals surface area contributed by atoms with Crippen molar-refractivity contribution in [1.82, 2.24) is 19.1 Å². The van der Waals surface area contributed by atoms with Gasteiger partial charge in [0.2, 0.25) is 5.95 Å². The minimum absolute atomic E-state index is 0.0153. The molecule has 0 aliphatic heterocycles. The molecule has 0 unspecified atom stereocenters. The highest BCUT2D eigenvalue weighted by atomic mass is 32.2. The van der Waals surface area contributed by atoms with Crippen LogP contribution in [-0.2, 0) is 37.1 Å². The van der Waals surface area contributed by atoms with Crippen molar-refractivity contribution in [1.29, 1.82) is 0 Å². The van der Waals surface area contributed by atoms with Crippen molar-refractivity contribution in [2.24, 2.45) is 0 Å². The first-order valence-corrected chi connectivity index (χ1v) is 20.5. The van der Waals surface area contributed by atoms with Crippen LogP contribution in [0.2, 0.25) is 0 Å². The normalized spacial score (nSPS) is 15.9. The molecule has 2 heterocycles. The van der Waals surface area contributed by atoms with E-state index in [1.165, 1.54) is 4.57 Å². The molecule has 366 valence electrons. The Morgan fingerprint density at radius 2 is 0.939 bits per heavy atom. The largest absolute Gasteiger partial charge is 0.433 e. The van der Waals surface area contributed by atoms with Crippen LogP contribution in [0.4, 0.5) is 96.4 Å². The number of rotatable bonds is 5. The van der Waals surface area contributed by atoms with Crippen LogP contribution < -0.4 is 22.2 Å². The second kappa shape index (κ2) is 20.4. The number of aromatic nitrogens is 4. The lowest BCUT2D eigenvalue weighted by atomic mass is 9.95. The second-order valence-corrected chi connectivity index (χ2v) is 15.5. The van der Waals surface area contributed by atoms with Gasteiger partial charge in [-0.2, -0.15) is 79.0 Å². The lowest BCUT2D eigenvalue weighted by Crippen LogP contribution is -2.31. The lowest BCUT2D eigenvalue weighted by Gasteiger charge is -2.27. The maximum absolute atomic E-state index is 13.4. The predicted octanol–water partition coefficient (Wildman–Crippen LogP) is 13.3. The van der Waals surface area contributed by atoms with Crippen LogP contribution in [0.25, 0.3) is 0 Å². The molecular formula is C39H36F18N6O2S. The summed E-state index contributed by atoms with van der Waals surface area (Å²) in [6.45, 7) is 0. The smallest absolute Gasteiger partial charge is 0.398 e. The van der Waals surface area contributed by atoms with E-state index in [0.29, 0.717) is 43.9 Å². The molecule has 6 rings (SSSR count). The third-order valence-electron chi connectivity index (χ3n) is 10.1. The average molecular weight is 995 g/mol. The topological polar surface area (TPSA) is 108 Å². The van der Waals surface area contributed by atoms with Crippen molar-refractivity contribution < 1.29 is 79.0 Å². The fourth-order valence-corrected chi connectivity index (χ4v) is 7.67. The number of nitrogen functional groups attached to an aromatic ring is 1. The minimum Gasteiger partial charge on any atom is -0.398 e. The van der Waals surface area contributed by atoms with E-state index in [-0.39, 0.29) is 41.5 Å². The summed E-state index contributed by atoms with van der Waals surface area (Å²) in [5.74, 6) is -0.901. The maximum atomic E-state index is 13.4. The molecule has 66 heavy (non-hydrogen) atoms. The zero-order valence-corrected chi connectivity index (χ0v) is 34.6. The van der Waals surface area contributed by atoms with E-state index < -0.39 is 105 Å². The van der Waals surface area contributed by atoms with Gasteiger partial charge in [-0.3, -0.25) is 18.7 Å². The molecule has 2 saturated carbocycles. The predicted molar refractivity (Wildman–Crippen MR) is 204 cm³/mol. The molecular weight excluding hydrogens is 958 g/mol. The highest BCUT2D eigenvalue weighted by Gasteiger charge is 2.40. The summed E-state index contributed by atoms with van der Waals surface area (Å²) in [6, 6.07) is 1.59. The van der Waals surface area contributed by atoms with Crippen LogP contribution in [0.1, 0.15) is 110 Å². The number of thioether (sulfide) groups is 1. The highest BCUT2D eigenvalue weighted by molar-refractivity contribution is 7.98. The molecule has 0 saturated heterocycles. The quantitative estimate of drug-likeness (QED) is 0.0887. The Morgan fingerprint density at radius 3 is 1.35 bits per heavy atom. The van der Waals surface area contributed by atoms with Gasteiger partial charge in [-0.05, 0) is 68.3 Å². The van der Waals surface area contributed by atoms with Gasteiger partial charge >= 0.3 is 37.1 Å². The third-order valence-corrected chi connectivity index (χ3v) is 10.8. The molecule has 2 fully saturated rings.